The number of halogens is 1. The minimum Gasteiger partial charge on any atom is -0.393 e. The van der Waals surface area contributed by atoms with E-state index in [2.05, 4.69) is 51.4 Å². The summed E-state index contributed by atoms with van der Waals surface area (Å²) in [5.74, 6) is 1.92. The zero-order chi connectivity index (χ0) is 19.8. The fourth-order valence-corrected chi connectivity index (χ4v) is 3.93. The third-order valence-electron chi connectivity index (χ3n) is 5.75. The number of aliphatic imine (C=N–C) groups is 1. The number of aliphatic hydroxyl groups is 1. The van der Waals surface area contributed by atoms with E-state index in [1.807, 2.05) is 6.20 Å². The third-order valence-corrected chi connectivity index (χ3v) is 5.75. The number of hydrogen-bond acceptors (Lipinski definition) is 5. The van der Waals surface area contributed by atoms with Gasteiger partial charge in [-0.1, -0.05) is 6.92 Å². The Kier molecular flexibility index (Phi) is 10.4. The lowest BCUT2D eigenvalue weighted by Crippen LogP contribution is -2.46. The van der Waals surface area contributed by atoms with Crippen molar-refractivity contribution in [3.63, 3.8) is 0 Å². The van der Waals surface area contributed by atoms with Gasteiger partial charge in [-0.3, -0.25) is 0 Å². The fourth-order valence-electron chi connectivity index (χ4n) is 3.93. The summed E-state index contributed by atoms with van der Waals surface area (Å²) in [6.45, 7) is 11.2. The Balaban J connectivity index is 0.00000300. The molecule has 3 N–H and O–H groups in total. The molecule has 0 unspecified atom stereocenters. The van der Waals surface area contributed by atoms with Gasteiger partial charge in [-0.05, 0) is 56.8 Å². The zero-order valence-electron chi connectivity index (χ0n) is 17.8. The van der Waals surface area contributed by atoms with Gasteiger partial charge in [0.05, 0.1) is 12.6 Å². The van der Waals surface area contributed by atoms with Crippen LogP contribution >= 0.6 is 24.0 Å². The molecule has 0 bridgehead atoms. The summed E-state index contributed by atoms with van der Waals surface area (Å²) in [4.78, 5) is 14.2. The summed E-state index contributed by atoms with van der Waals surface area (Å²) < 4.78 is 0. The maximum atomic E-state index is 9.69. The van der Waals surface area contributed by atoms with E-state index in [4.69, 9.17) is 4.99 Å². The van der Waals surface area contributed by atoms with Gasteiger partial charge in [-0.15, -0.1) is 24.0 Å². The first-order valence-corrected chi connectivity index (χ1v) is 10.8. The monoisotopic (exact) mass is 516 g/mol. The van der Waals surface area contributed by atoms with Crippen molar-refractivity contribution in [2.24, 2.45) is 4.99 Å². The van der Waals surface area contributed by atoms with E-state index in [-0.39, 0.29) is 30.1 Å². The molecule has 2 fully saturated rings. The molecule has 1 saturated carbocycles. The number of guanidine groups is 1. The second-order valence-corrected chi connectivity index (χ2v) is 7.79. The molecule has 164 valence electrons. The van der Waals surface area contributed by atoms with Crippen LogP contribution in [0.3, 0.4) is 0 Å². The number of nitrogens with one attached hydrogen (secondary N) is 2. The van der Waals surface area contributed by atoms with Crippen molar-refractivity contribution in [1.82, 2.24) is 20.5 Å². The van der Waals surface area contributed by atoms with E-state index < -0.39 is 0 Å². The molecule has 7 nitrogen and oxygen atoms in total. The van der Waals surface area contributed by atoms with Crippen LogP contribution in [-0.2, 0) is 6.54 Å². The second-order valence-electron chi connectivity index (χ2n) is 7.79. The van der Waals surface area contributed by atoms with Gasteiger partial charge >= 0.3 is 0 Å². The SMILES string of the molecule is CCNC(=NCc1ccnc(N2CCN(CC)CC2)c1)NC1CCC(O)CC1.I. The van der Waals surface area contributed by atoms with Crippen molar-refractivity contribution < 1.29 is 5.11 Å². The number of anilines is 1. The molecule has 2 heterocycles. The highest BCUT2D eigenvalue weighted by Crippen LogP contribution is 2.18. The van der Waals surface area contributed by atoms with E-state index in [0.29, 0.717) is 12.6 Å². The van der Waals surface area contributed by atoms with Crippen LogP contribution in [0, 0.1) is 0 Å². The molecule has 0 radical (unpaired) electrons. The van der Waals surface area contributed by atoms with Crippen LogP contribution in [0.1, 0.15) is 45.1 Å². The van der Waals surface area contributed by atoms with Crippen molar-refractivity contribution in [2.75, 3.05) is 44.2 Å². The number of rotatable bonds is 6. The zero-order valence-corrected chi connectivity index (χ0v) is 20.1. The van der Waals surface area contributed by atoms with Crippen LogP contribution in [0.4, 0.5) is 5.82 Å². The van der Waals surface area contributed by atoms with Gasteiger partial charge < -0.3 is 25.5 Å². The van der Waals surface area contributed by atoms with Gasteiger partial charge in [-0.25, -0.2) is 9.98 Å². The average molecular weight is 516 g/mol. The molecule has 1 aliphatic carbocycles. The predicted molar refractivity (Wildman–Crippen MR) is 130 cm³/mol. The van der Waals surface area contributed by atoms with E-state index in [9.17, 15) is 5.11 Å². The molecule has 1 saturated heterocycles. The summed E-state index contributed by atoms with van der Waals surface area (Å²) in [6, 6.07) is 4.62. The minimum atomic E-state index is -0.132. The summed E-state index contributed by atoms with van der Waals surface area (Å²) in [7, 11) is 0. The largest absolute Gasteiger partial charge is 0.393 e. The topological polar surface area (TPSA) is 76.0 Å². The van der Waals surface area contributed by atoms with Crippen molar-refractivity contribution in [2.45, 2.75) is 58.2 Å². The summed E-state index contributed by atoms with van der Waals surface area (Å²) in [5.41, 5.74) is 1.18. The Hall–Kier alpha value is -1.13. The molecule has 0 spiro atoms. The maximum absolute atomic E-state index is 9.69. The number of nitrogens with zero attached hydrogens (tertiary/aromatic N) is 4. The van der Waals surface area contributed by atoms with Crippen molar-refractivity contribution >= 4 is 35.8 Å². The summed E-state index contributed by atoms with van der Waals surface area (Å²) in [6.07, 6.45) is 5.50. The quantitative estimate of drug-likeness (QED) is 0.306. The number of aromatic nitrogens is 1. The van der Waals surface area contributed by atoms with Crippen molar-refractivity contribution in [1.29, 1.82) is 0 Å². The average Bonchev–Trinajstić information content (AvgIpc) is 2.74. The molecular weight excluding hydrogens is 479 g/mol. The molecule has 1 aromatic rings. The van der Waals surface area contributed by atoms with Crippen molar-refractivity contribution in [3.8, 4) is 0 Å². The normalized spacial score (nSPS) is 23.4. The number of likely N-dealkylation sites (N-methyl/N-ethyl adjacent to an activating group) is 1. The van der Waals surface area contributed by atoms with E-state index in [1.54, 1.807) is 0 Å². The first-order chi connectivity index (χ1) is 13.7. The van der Waals surface area contributed by atoms with Gasteiger partial charge in [0.15, 0.2) is 5.96 Å². The van der Waals surface area contributed by atoms with Gasteiger partial charge in [0.1, 0.15) is 5.82 Å². The molecule has 0 atom stereocenters. The van der Waals surface area contributed by atoms with Crippen LogP contribution < -0.4 is 15.5 Å². The van der Waals surface area contributed by atoms with Crippen LogP contribution in [0.15, 0.2) is 23.3 Å². The van der Waals surface area contributed by atoms with Gasteiger partial charge in [0, 0.05) is 45.0 Å². The number of pyridine rings is 1. The lowest BCUT2D eigenvalue weighted by Gasteiger charge is -2.34. The molecule has 0 aromatic carbocycles. The summed E-state index contributed by atoms with van der Waals surface area (Å²) in [5, 5.41) is 16.6. The highest BCUT2D eigenvalue weighted by atomic mass is 127. The van der Waals surface area contributed by atoms with E-state index in [0.717, 1.165) is 76.7 Å². The first kappa shape index (κ1) is 24.1. The van der Waals surface area contributed by atoms with E-state index in [1.165, 1.54) is 5.56 Å². The standard InChI is InChI=1S/C21H36N6O.HI/c1-3-22-21(25-18-5-7-19(28)8-6-18)24-16-17-9-10-23-20(15-17)27-13-11-26(4-2)12-14-27;/h9-10,15,18-19,28H,3-8,11-14,16H2,1-2H3,(H2,22,24,25);1H. The van der Waals surface area contributed by atoms with Crippen LogP contribution in [0.5, 0.6) is 0 Å². The number of hydrogen-bond donors (Lipinski definition) is 3. The Morgan fingerprint density at radius 2 is 1.90 bits per heavy atom. The molecule has 0 amide bonds. The van der Waals surface area contributed by atoms with E-state index >= 15 is 0 Å². The lowest BCUT2D eigenvalue weighted by atomic mass is 9.93. The number of aliphatic hydroxyl groups excluding tert-OH is 1. The Morgan fingerprint density at radius 3 is 2.55 bits per heavy atom. The Morgan fingerprint density at radius 1 is 1.17 bits per heavy atom. The molecule has 3 rings (SSSR count). The first-order valence-electron chi connectivity index (χ1n) is 10.8. The highest BCUT2D eigenvalue weighted by molar-refractivity contribution is 14.0. The van der Waals surface area contributed by atoms with Crippen LogP contribution in [0.2, 0.25) is 0 Å². The third kappa shape index (κ3) is 7.57. The molecule has 1 aliphatic heterocycles. The summed E-state index contributed by atoms with van der Waals surface area (Å²) >= 11 is 0. The second kappa shape index (κ2) is 12.5. The molecule has 29 heavy (non-hydrogen) atoms. The lowest BCUT2D eigenvalue weighted by molar-refractivity contribution is 0.120. The van der Waals surface area contributed by atoms with Crippen molar-refractivity contribution in [3.05, 3.63) is 23.9 Å². The predicted octanol–water partition coefficient (Wildman–Crippen LogP) is 2.20. The maximum Gasteiger partial charge on any atom is 0.191 e. The number of piperazine rings is 1. The highest BCUT2D eigenvalue weighted by Gasteiger charge is 2.20. The molecule has 8 heteroatoms. The smallest absolute Gasteiger partial charge is 0.191 e. The van der Waals surface area contributed by atoms with Gasteiger partial charge in [0.25, 0.3) is 0 Å². The fraction of sp³-hybridized carbons (Fsp3) is 0.714. The van der Waals surface area contributed by atoms with Gasteiger partial charge in [-0.2, -0.15) is 0 Å². The molecular formula is C21H37IN6O. The Bertz CT molecular complexity index is 627. The van der Waals surface area contributed by atoms with Crippen LogP contribution in [0.25, 0.3) is 0 Å². The molecule has 2 aliphatic rings. The molecule has 1 aromatic heterocycles. The van der Waals surface area contributed by atoms with Gasteiger partial charge in [0.2, 0.25) is 0 Å². The minimum absolute atomic E-state index is 0. The Labute approximate surface area is 192 Å². The van der Waals surface area contributed by atoms with Crippen LogP contribution in [-0.4, -0.2) is 72.4 Å².